The highest BCUT2D eigenvalue weighted by molar-refractivity contribution is 5.79. The zero-order chi connectivity index (χ0) is 17.4. The molecule has 3 aromatic rings. The Morgan fingerprint density at radius 1 is 1.36 bits per heavy atom. The van der Waals surface area contributed by atoms with Crippen LogP contribution in [0.25, 0.3) is 10.9 Å². The fourth-order valence-electron chi connectivity index (χ4n) is 3.06. The Morgan fingerprint density at radius 3 is 2.92 bits per heavy atom. The molecule has 128 valence electrons. The second-order valence-corrected chi connectivity index (χ2v) is 6.43. The van der Waals surface area contributed by atoms with E-state index in [0.29, 0.717) is 41.0 Å². The molecule has 6 heteroatoms. The van der Waals surface area contributed by atoms with Crippen LogP contribution in [0.15, 0.2) is 50.7 Å². The number of hydrogen-bond acceptors (Lipinski definition) is 5. The van der Waals surface area contributed by atoms with Gasteiger partial charge in [-0.3, -0.25) is 9.36 Å². The lowest BCUT2D eigenvalue weighted by molar-refractivity contribution is 0.500. The van der Waals surface area contributed by atoms with Crippen molar-refractivity contribution in [3.8, 4) is 0 Å². The van der Waals surface area contributed by atoms with Gasteiger partial charge in [0.25, 0.3) is 5.56 Å². The van der Waals surface area contributed by atoms with Crippen LogP contribution in [0.1, 0.15) is 37.7 Å². The van der Waals surface area contributed by atoms with E-state index >= 15 is 0 Å². The predicted octanol–water partition coefficient (Wildman–Crippen LogP) is 3.58. The third-order valence-corrected chi connectivity index (χ3v) is 4.66. The third-order valence-electron chi connectivity index (χ3n) is 4.66. The van der Waals surface area contributed by atoms with E-state index in [-0.39, 0.29) is 5.56 Å². The second-order valence-electron chi connectivity index (χ2n) is 6.43. The van der Waals surface area contributed by atoms with Crippen LogP contribution < -0.4 is 11.0 Å². The zero-order valence-corrected chi connectivity index (χ0v) is 14.3. The van der Waals surface area contributed by atoms with Crippen LogP contribution in [-0.2, 0) is 6.54 Å². The lowest BCUT2D eigenvalue weighted by atomic mass is 10.2. The van der Waals surface area contributed by atoms with Crippen molar-refractivity contribution in [1.82, 2.24) is 9.55 Å². The predicted molar refractivity (Wildman–Crippen MR) is 98.1 cm³/mol. The van der Waals surface area contributed by atoms with E-state index in [9.17, 15) is 4.79 Å². The Hall–Kier alpha value is -2.89. The number of furan rings is 1. The summed E-state index contributed by atoms with van der Waals surface area (Å²) in [4.78, 5) is 17.0. The smallest absolute Gasteiger partial charge is 0.262 e. The highest BCUT2D eigenvalue weighted by atomic mass is 16.3. The number of hydrazone groups is 1. The fraction of sp³-hybridized carbons (Fsp3) is 0.316. The number of benzene rings is 1. The maximum absolute atomic E-state index is 12.5. The van der Waals surface area contributed by atoms with E-state index in [1.54, 1.807) is 16.8 Å². The summed E-state index contributed by atoms with van der Waals surface area (Å²) in [6.45, 7) is 4.64. The number of rotatable bonds is 5. The maximum atomic E-state index is 12.5. The van der Waals surface area contributed by atoms with Gasteiger partial charge in [-0.15, -0.1) is 0 Å². The van der Waals surface area contributed by atoms with Gasteiger partial charge in [0.15, 0.2) is 0 Å². The first kappa shape index (κ1) is 15.6. The quantitative estimate of drug-likeness (QED) is 0.571. The van der Waals surface area contributed by atoms with E-state index in [0.717, 1.165) is 5.76 Å². The molecule has 0 unspecified atom stereocenters. The Balaban J connectivity index is 1.58. The number of nitrogens with zero attached hydrogens (tertiary/aromatic N) is 3. The first-order valence-electron chi connectivity index (χ1n) is 8.55. The van der Waals surface area contributed by atoms with Crippen molar-refractivity contribution in [1.29, 1.82) is 0 Å². The Kier molecular flexibility index (Phi) is 3.87. The Labute approximate surface area is 145 Å². The number of para-hydroxylation sites is 1. The average molecular weight is 336 g/mol. The molecule has 0 radical (unpaired) electrons. The number of nitrogens with one attached hydrogen (secondary N) is 1. The molecule has 0 bridgehead atoms. The largest absolute Gasteiger partial charge is 0.460 e. The van der Waals surface area contributed by atoms with Crippen molar-refractivity contribution in [3.63, 3.8) is 0 Å². The van der Waals surface area contributed by atoms with Gasteiger partial charge in [-0.05, 0) is 43.5 Å². The van der Waals surface area contributed by atoms with Crippen LogP contribution in [0.5, 0.6) is 0 Å². The summed E-state index contributed by atoms with van der Waals surface area (Å²) in [7, 11) is 0. The Bertz CT molecular complexity index is 1000. The normalized spacial score (nSPS) is 19.6. The number of hydrogen-bond donors (Lipinski definition) is 1. The van der Waals surface area contributed by atoms with Gasteiger partial charge in [0.1, 0.15) is 11.5 Å². The first-order valence-corrected chi connectivity index (χ1v) is 8.55. The molecule has 1 aliphatic carbocycles. The first-order chi connectivity index (χ1) is 12.2. The summed E-state index contributed by atoms with van der Waals surface area (Å²) >= 11 is 0. The van der Waals surface area contributed by atoms with Crippen LogP contribution in [0.4, 0.5) is 5.95 Å². The molecule has 2 atom stereocenters. The SMILES string of the molecule is CCn1c(N/N=C\c2ccc([C@H]3C[C@@H]3C)o2)nc2ccccc2c1=O. The van der Waals surface area contributed by atoms with E-state index in [1.807, 2.05) is 37.3 Å². The summed E-state index contributed by atoms with van der Waals surface area (Å²) in [5.74, 6) is 3.37. The van der Waals surface area contributed by atoms with Crippen LogP contribution in [0, 0.1) is 5.92 Å². The van der Waals surface area contributed by atoms with Crippen molar-refractivity contribution in [2.45, 2.75) is 32.7 Å². The minimum atomic E-state index is -0.0752. The molecule has 0 spiro atoms. The summed E-state index contributed by atoms with van der Waals surface area (Å²) in [5, 5.41) is 4.79. The topological polar surface area (TPSA) is 72.4 Å². The van der Waals surface area contributed by atoms with Gasteiger partial charge in [-0.2, -0.15) is 5.10 Å². The summed E-state index contributed by atoms with van der Waals surface area (Å²) in [6, 6.07) is 11.2. The second kappa shape index (κ2) is 6.20. The highest BCUT2D eigenvalue weighted by Crippen LogP contribution is 2.47. The van der Waals surface area contributed by atoms with Crippen LogP contribution in [0.3, 0.4) is 0 Å². The van der Waals surface area contributed by atoms with Crippen molar-refractivity contribution in [3.05, 3.63) is 58.3 Å². The molecule has 2 heterocycles. The van der Waals surface area contributed by atoms with Crippen LogP contribution in [0.2, 0.25) is 0 Å². The zero-order valence-electron chi connectivity index (χ0n) is 14.3. The molecule has 1 N–H and O–H groups in total. The van der Waals surface area contributed by atoms with E-state index in [1.165, 1.54) is 6.42 Å². The lowest BCUT2D eigenvalue weighted by Crippen LogP contribution is -2.23. The van der Waals surface area contributed by atoms with Crippen molar-refractivity contribution < 1.29 is 4.42 Å². The van der Waals surface area contributed by atoms with Crippen LogP contribution in [-0.4, -0.2) is 15.8 Å². The molecule has 6 nitrogen and oxygen atoms in total. The van der Waals surface area contributed by atoms with E-state index in [2.05, 4.69) is 22.4 Å². The molecule has 0 saturated heterocycles. The molecule has 1 aromatic carbocycles. The Morgan fingerprint density at radius 2 is 2.16 bits per heavy atom. The molecule has 2 aromatic heterocycles. The minimum Gasteiger partial charge on any atom is -0.460 e. The van der Waals surface area contributed by atoms with Gasteiger partial charge in [0.05, 0.1) is 17.1 Å². The molecular weight excluding hydrogens is 316 g/mol. The van der Waals surface area contributed by atoms with Gasteiger partial charge in [0.2, 0.25) is 5.95 Å². The number of anilines is 1. The highest BCUT2D eigenvalue weighted by Gasteiger charge is 2.36. The minimum absolute atomic E-state index is 0.0752. The van der Waals surface area contributed by atoms with Crippen LogP contribution >= 0.6 is 0 Å². The monoisotopic (exact) mass is 336 g/mol. The molecule has 0 aliphatic heterocycles. The maximum Gasteiger partial charge on any atom is 0.262 e. The van der Waals surface area contributed by atoms with Gasteiger partial charge < -0.3 is 4.42 Å². The summed E-state index contributed by atoms with van der Waals surface area (Å²) in [5.41, 5.74) is 3.45. The number of fused-ring (bicyclic) bond motifs is 1. The van der Waals surface area contributed by atoms with E-state index < -0.39 is 0 Å². The van der Waals surface area contributed by atoms with Gasteiger partial charge in [0, 0.05) is 12.5 Å². The molecule has 0 amide bonds. The standard InChI is InChI=1S/C19H20N4O2/c1-3-23-18(24)14-6-4-5-7-16(14)21-19(23)22-20-11-13-8-9-17(25-13)15-10-12(15)2/h4-9,11-12,15H,3,10H2,1-2H3,(H,21,22)/b20-11-/t12-,15-/m0/s1. The third kappa shape index (κ3) is 2.95. The van der Waals surface area contributed by atoms with Gasteiger partial charge in [-0.25, -0.2) is 10.4 Å². The molecule has 1 saturated carbocycles. The van der Waals surface area contributed by atoms with Gasteiger partial charge in [-0.1, -0.05) is 19.1 Å². The molecule has 1 fully saturated rings. The van der Waals surface area contributed by atoms with Crippen molar-refractivity contribution in [2.75, 3.05) is 5.43 Å². The fourth-order valence-corrected chi connectivity index (χ4v) is 3.06. The molecule has 25 heavy (non-hydrogen) atoms. The van der Waals surface area contributed by atoms with E-state index in [4.69, 9.17) is 4.42 Å². The average Bonchev–Trinajstić information content (AvgIpc) is 3.16. The molecule has 4 rings (SSSR count). The molecular formula is C19H20N4O2. The van der Waals surface area contributed by atoms with Crippen molar-refractivity contribution in [2.24, 2.45) is 11.0 Å². The summed E-state index contributed by atoms with van der Waals surface area (Å²) in [6.07, 6.45) is 2.80. The summed E-state index contributed by atoms with van der Waals surface area (Å²) < 4.78 is 7.36. The molecule has 1 aliphatic rings. The van der Waals surface area contributed by atoms with Gasteiger partial charge >= 0.3 is 0 Å². The lowest BCUT2D eigenvalue weighted by Gasteiger charge is -2.10. The van der Waals surface area contributed by atoms with Crippen molar-refractivity contribution >= 4 is 23.1 Å². The number of aromatic nitrogens is 2.